The molecule has 1 N–H and O–H groups in total. The van der Waals surface area contributed by atoms with Crippen LogP contribution in [0.2, 0.25) is 0 Å². The molecule has 1 aliphatic carbocycles. The standard InChI is InChI=1S/C27H34FN5O/c1-3-27(22-6-8-23(28)9-7-22)26(34)33(19(2)31-27)14-4-13-32-15-11-20(12-16-32)21-5-10-24-25(17-21)30-18-29-24/h5-10,18,20,25H,3-4,11-17H2,1-2H3,(H,29,30). The molecule has 34 heavy (non-hydrogen) atoms. The highest BCUT2D eigenvalue weighted by Gasteiger charge is 2.46. The van der Waals surface area contributed by atoms with Crippen LogP contribution in [0.1, 0.15) is 51.5 Å². The number of rotatable bonds is 7. The number of likely N-dealkylation sites (tertiary alicyclic amines) is 1. The number of allylic oxidation sites excluding steroid dienone is 2. The third kappa shape index (κ3) is 4.22. The first-order valence-corrected chi connectivity index (χ1v) is 12.6. The number of halogens is 1. The quantitative estimate of drug-likeness (QED) is 0.665. The maximum atomic E-state index is 13.4. The highest BCUT2D eigenvalue weighted by atomic mass is 19.1. The summed E-state index contributed by atoms with van der Waals surface area (Å²) < 4.78 is 13.4. The van der Waals surface area contributed by atoms with E-state index in [1.165, 1.54) is 30.7 Å². The predicted molar refractivity (Wildman–Crippen MR) is 133 cm³/mol. The van der Waals surface area contributed by atoms with Gasteiger partial charge in [0.1, 0.15) is 11.7 Å². The largest absolute Gasteiger partial charge is 0.348 e. The number of nitrogens with zero attached hydrogens (tertiary/aromatic N) is 4. The average Bonchev–Trinajstić information content (AvgIpc) is 3.42. The molecule has 4 aliphatic rings. The van der Waals surface area contributed by atoms with Crippen molar-refractivity contribution in [1.82, 2.24) is 15.1 Å². The summed E-state index contributed by atoms with van der Waals surface area (Å²) >= 11 is 0. The van der Waals surface area contributed by atoms with Crippen LogP contribution in [0.15, 0.2) is 57.7 Å². The van der Waals surface area contributed by atoms with Gasteiger partial charge in [0, 0.05) is 12.2 Å². The molecule has 3 heterocycles. The fourth-order valence-corrected chi connectivity index (χ4v) is 5.84. The van der Waals surface area contributed by atoms with Crippen molar-refractivity contribution in [2.45, 2.75) is 57.5 Å². The lowest BCUT2D eigenvalue weighted by atomic mass is 9.83. The molecule has 6 nitrogen and oxygen atoms in total. The summed E-state index contributed by atoms with van der Waals surface area (Å²) in [4.78, 5) is 27.1. The van der Waals surface area contributed by atoms with E-state index in [4.69, 9.17) is 4.99 Å². The van der Waals surface area contributed by atoms with Crippen LogP contribution in [0, 0.1) is 11.7 Å². The Morgan fingerprint density at radius 2 is 1.91 bits per heavy atom. The number of amides is 1. The molecule has 0 aromatic heterocycles. The van der Waals surface area contributed by atoms with Gasteiger partial charge < -0.3 is 10.2 Å². The van der Waals surface area contributed by atoms with Gasteiger partial charge in [-0.25, -0.2) is 4.39 Å². The van der Waals surface area contributed by atoms with Gasteiger partial charge in [-0.3, -0.25) is 19.7 Å². The zero-order valence-corrected chi connectivity index (χ0v) is 20.1. The number of carbonyl (C=O) groups is 1. The lowest BCUT2D eigenvalue weighted by Crippen LogP contribution is -2.42. The number of aliphatic imine (C=N–C) groups is 2. The highest BCUT2D eigenvalue weighted by Crippen LogP contribution is 2.37. The molecule has 0 spiro atoms. The molecule has 0 saturated carbocycles. The lowest BCUT2D eigenvalue weighted by Gasteiger charge is -2.34. The summed E-state index contributed by atoms with van der Waals surface area (Å²) in [7, 11) is 0. The third-order valence-electron chi connectivity index (χ3n) is 7.89. The number of piperidine rings is 1. The molecule has 5 rings (SSSR count). The zero-order chi connectivity index (χ0) is 23.7. The number of nitrogens with one attached hydrogen (secondary N) is 1. The Morgan fingerprint density at radius 1 is 1.15 bits per heavy atom. The smallest absolute Gasteiger partial charge is 0.260 e. The topological polar surface area (TPSA) is 60.3 Å². The van der Waals surface area contributed by atoms with Crippen LogP contribution in [-0.2, 0) is 10.3 Å². The van der Waals surface area contributed by atoms with Gasteiger partial charge in [0.25, 0.3) is 5.91 Å². The van der Waals surface area contributed by atoms with Crippen LogP contribution in [0.5, 0.6) is 0 Å². The van der Waals surface area contributed by atoms with Crippen LogP contribution in [-0.4, -0.2) is 60.1 Å². The van der Waals surface area contributed by atoms with Crippen molar-refractivity contribution in [3.05, 3.63) is 59.1 Å². The molecule has 1 amide bonds. The summed E-state index contributed by atoms with van der Waals surface area (Å²) in [5.74, 6) is 1.13. The van der Waals surface area contributed by atoms with E-state index < -0.39 is 5.54 Å². The maximum Gasteiger partial charge on any atom is 0.260 e. The molecule has 1 fully saturated rings. The van der Waals surface area contributed by atoms with Crippen molar-refractivity contribution in [2.75, 3.05) is 26.2 Å². The molecule has 180 valence electrons. The van der Waals surface area contributed by atoms with Crippen molar-refractivity contribution in [1.29, 1.82) is 0 Å². The summed E-state index contributed by atoms with van der Waals surface area (Å²) in [6.45, 7) is 7.73. The van der Waals surface area contributed by atoms with Crippen molar-refractivity contribution in [3.63, 3.8) is 0 Å². The average molecular weight is 464 g/mol. The number of amidine groups is 1. The van der Waals surface area contributed by atoms with Crippen molar-refractivity contribution in [2.24, 2.45) is 15.9 Å². The molecule has 7 heteroatoms. The minimum absolute atomic E-state index is 0.0125. The number of fused-ring (bicyclic) bond motifs is 1. The van der Waals surface area contributed by atoms with Crippen LogP contribution < -0.4 is 5.32 Å². The Hall–Kier alpha value is -2.80. The SMILES string of the molecule is CCC1(c2ccc(F)cc2)N=C(C)N(CCCN2CCC(C3=CC=C4NC=NC4C3)CC2)C1=O. The van der Waals surface area contributed by atoms with Crippen molar-refractivity contribution >= 4 is 18.1 Å². The molecule has 0 bridgehead atoms. The fraction of sp³-hybridized carbons (Fsp3) is 0.519. The first-order valence-electron chi connectivity index (χ1n) is 12.6. The minimum Gasteiger partial charge on any atom is -0.348 e. The summed E-state index contributed by atoms with van der Waals surface area (Å²) in [6, 6.07) is 6.50. The molecule has 2 unspecified atom stereocenters. The molecule has 3 aliphatic heterocycles. The van der Waals surface area contributed by atoms with Crippen LogP contribution in [0.25, 0.3) is 0 Å². The minimum atomic E-state index is -0.920. The van der Waals surface area contributed by atoms with E-state index >= 15 is 0 Å². The van der Waals surface area contributed by atoms with E-state index in [9.17, 15) is 9.18 Å². The van der Waals surface area contributed by atoms with E-state index in [0.717, 1.165) is 43.9 Å². The Bertz CT molecular complexity index is 1050. The van der Waals surface area contributed by atoms with E-state index in [2.05, 4.69) is 27.4 Å². The van der Waals surface area contributed by atoms with E-state index in [1.54, 1.807) is 17.7 Å². The Labute approximate surface area is 201 Å². The Balaban J connectivity index is 1.12. The normalized spacial score (nSPS) is 27.4. The van der Waals surface area contributed by atoms with Gasteiger partial charge in [0.15, 0.2) is 5.54 Å². The van der Waals surface area contributed by atoms with E-state index in [0.29, 0.717) is 24.9 Å². The Kier molecular flexibility index (Phi) is 6.38. The lowest BCUT2D eigenvalue weighted by molar-refractivity contribution is -0.131. The van der Waals surface area contributed by atoms with E-state index in [1.807, 2.05) is 25.1 Å². The monoisotopic (exact) mass is 463 g/mol. The summed E-state index contributed by atoms with van der Waals surface area (Å²) in [5, 5.41) is 3.23. The van der Waals surface area contributed by atoms with Crippen LogP contribution in [0.4, 0.5) is 4.39 Å². The summed E-state index contributed by atoms with van der Waals surface area (Å²) in [5.41, 5.74) is 2.61. The molecule has 1 saturated heterocycles. The molecule has 2 atom stereocenters. The second-order valence-corrected chi connectivity index (χ2v) is 9.81. The van der Waals surface area contributed by atoms with E-state index in [-0.39, 0.29) is 11.7 Å². The maximum absolute atomic E-state index is 13.4. The zero-order valence-electron chi connectivity index (χ0n) is 20.1. The first kappa shape index (κ1) is 23.0. The number of benzene rings is 1. The molecule has 1 aromatic rings. The van der Waals surface area contributed by atoms with Gasteiger partial charge in [-0.1, -0.05) is 30.7 Å². The van der Waals surface area contributed by atoms with Gasteiger partial charge in [-0.15, -0.1) is 0 Å². The molecular weight excluding hydrogens is 429 g/mol. The van der Waals surface area contributed by atoms with Gasteiger partial charge >= 0.3 is 0 Å². The van der Waals surface area contributed by atoms with Gasteiger partial charge in [-0.2, -0.15) is 0 Å². The van der Waals surface area contributed by atoms with Crippen molar-refractivity contribution in [3.8, 4) is 0 Å². The van der Waals surface area contributed by atoms with Gasteiger partial charge in [0.05, 0.1) is 12.4 Å². The molecule has 1 aromatic carbocycles. The summed E-state index contributed by atoms with van der Waals surface area (Å²) in [6.07, 6.45) is 11.2. The van der Waals surface area contributed by atoms with Crippen molar-refractivity contribution < 1.29 is 9.18 Å². The second kappa shape index (κ2) is 9.45. The predicted octanol–water partition coefficient (Wildman–Crippen LogP) is 4.01. The molecule has 0 radical (unpaired) electrons. The highest BCUT2D eigenvalue weighted by molar-refractivity contribution is 6.07. The first-order chi connectivity index (χ1) is 16.5. The van der Waals surface area contributed by atoms with Crippen LogP contribution in [0.3, 0.4) is 0 Å². The third-order valence-corrected chi connectivity index (χ3v) is 7.89. The number of carbonyl (C=O) groups excluding carboxylic acids is 1. The number of hydrogen-bond acceptors (Lipinski definition) is 5. The Morgan fingerprint density at radius 3 is 2.65 bits per heavy atom. The van der Waals surface area contributed by atoms with Gasteiger partial charge in [0.2, 0.25) is 0 Å². The second-order valence-electron chi connectivity index (χ2n) is 9.81. The number of hydrogen-bond donors (Lipinski definition) is 1. The van der Waals surface area contributed by atoms with Crippen LogP contribution >= 0.6 is 0 Å². The fourth-order valence-electron chi connectivity index (χ4n) is 5.84. The molecular formula is C27H34FN5O. The van der Waals surface area contributed by atoms with Gasteiger partial charge in [-0.05, 0) is 88.4 Å².